The van der Waals surface area contributed by atoms with Crippen LogP contribution in [0.2, 0.25) is 0 Å². The number of hydrogen-bond donors (Lipinski definition) is 2. The Morgan fingerprint density at radius 3 is 2.79 bits per heavy atom. The summed E-state index contributed by atoms with van der Waals surface area (Å²) in [5.74, 6) is 0.744. The first-order chi connectivity index (χ1) is 9.26. The molecule has 0 saturated heterocycles. The minimum Gasteiger partial charge on any atom is -0.437 e. The lowest BCUT2D eigenvalue weighted by molar-refractivity contribution is 0.318. The zero-order valence-corrected chi connectivity index (χ0v) is 10.4. The molecule has 1 heterocycles. The van der Waals surface area contributed by atoms with Gasteiger partial charge in [0.05, 0.1) is 0 Å². The van der Waals surface area contributed by atoms with Crippen LogP contribution < -0.4 is 10.5 Å². The topological polar surface area (TPSA) is 93.6 Å². The van der Waals surface area contributed by atoms with Crippen LogP contribution in [0.3, 0.4) is 0 Å². The van der Waals surface area contributed by atoms with E-state index in [-0.39, 0.29) is 17.4 Å². The van der Waals surface area contributed by atoms with Gasteiger partial charge in [-0.25, -0.2) is 9.97 Å². The fourth-order valence-corrected chi connectivity index (χ4v) is 1.62. The third-order valence-corrected chi connectivity index (χ3v) is 2.58. The normalized spacial score (nSPS) is 11.3. The van der Waals surface area contributed by atoms with Gasteiger partial charge in [-0.15, -0.1) is 0 Å². The molecular formula is C13H14N4O2. The molecule has 0 saturated carbocycles. The van der Waals surface area contributed by atoms with Crippen LogP contribution in [0, 0.1) is 0 Å². The summed E-state index contributed by atoms with van der Waals surface area (Å²) in [6.45, 7) is 2.03. The molecule has 0 aliphatic heterocycles. The Kier molecular flexibility index (Phi) is 3.92. The van der Waals surface area contributed by atoms with Gasteiger partial charge < -0.3 is 15.7 Å². The molecule has 1 aromatic heterocycles. The van der Waals surface area contributed by atoms with Crippen molar-refractivity contribution in [3.63, 3.8) is 0 Å². The smallest absolute Gasteiger partial charge is 0.249 e. The molecule has 0 aliphatic rings. The average molecular weight is 258 g/mol. The highest BCUT2D eigenvalue weighted by Gasteiger charge is 2.13. The number of hydrogen-bond acceptors (Lipinski definition) is 5. The highest BCUT2D eigenvalue weighted by Crippen LogP contribution is 2.25. The lowest BCUT2D eigenvalue weighted by atomic mass is 10.1. The number of aryl methyl sites for hydroxylation is 1. The molecule has 0 amide bonds. The molecule has 19 heavy (non-hydrogen) atoms. The van der Waals surface area contributed by atoms with Crippen LogP contribution in [-0.4, -0.2) is 21.0 Å². The monoisotopic (exact) mass is 258 g/mol. The van der Waals surface area contributed by atoms with Crippen LogP contribution in [0.1, 0.15) is 18.2 Å². The first kappa shape index (κ1) is 12.8. The molecular weight excluding hydrogens is 244 g/mol. The highest BCUT2D eigenvalue weighted by molar-refractivity contribution is 5.97. The predicted octanol–water partition coefficient (Wildman–Crippen LogP) is 1.93. The van der Waals surface area contributed by atoms with Crippen molar-refractivity contribution in [2.75, 3.05) is 0 Å². The summed E-state index contributed by atoms with van der Waals surface area (Å²) in [6, 6.07) is 7.61. The largest absolute Gasteiger partial charge is 0.437 e. The van der Waals surface area contributed by atoms with E-state index in [2.05, 4.69) is 15.1 Å². The van der Waals surface area contributed by atoms with Gasteiger partial charge in [-0.1, -0.05) is 30.3 Å². The maximum Gasteiger partial charge on any atom is 0.249 e. The Balaban J connectivity index is 2.39. The summed E-state index contributed by atoms with van der Waals surface area (Å²) in [5.41, 5.74) is 6.78. The van der Waals surface area contributed by atoms with Crippen molar-refractivity contribution in [2.45, 2.75) is 13.3 Å². The Morgan fingerprint density at radius 2 is 2.05 bits per heavy atom. The Morgan fingerprint density at radius 1 is 1.32 bits per heavy atom. The molecule has 98 valence electrons. The van der Waals surface area contributed by atoms with Gasteiger partial charge in [0.2, 0.25) is 5.88 Å². The van der Waals surface area contributed by atoms with Crippen molar-refractivity contribution < 1.29 is 9.94 Å². The summed E-state index contributed by atoms with van der Waals surface area (Å²) in [5, 5.41) is 11.6. The van der Waals surface area contributed by atoms with E-state index in [9.17, 15) is 0 Å². The van der Waals surface area contributed by atoms with Gasteiger partial charge in [0.15, 0.2) is 11.5 Å². The fraction of sp³-hybridized carbons (Fsp3) is 0.154. The number of oxime groups is 1. The van der Waals surface area contributed by atoms with Crippen molar-refractivity contribution in [3.05, 3.63) is 47.9 Å². The molecule has 6 heteroatoms. The quantitative estimate of drug-likeness (QED) is 0.378. The standard InChI is InChI=1S/C13H14N4O2/c1-2-9-5-3-4-6-10(9)19-13-11(12(14)17-18)15-7-8-16-13/h3-8,18H,2H2,1H3,(H2,14,17). The second-order valence-electron chi connectivity index (χ2n) is 3.76. The molecule has 0 spiro atoms. The molecule has 0 bridgehead atoms. The molecule has 0 atom stereocenters. The zero-order valence-electron chi connectivity index (χ0n) is 10.4. The van der Waals surface area contributed by atoms with E-state index in [1.54, 1.807) is 0 Å². The number of benzene rings is 1. The maximum atomic E-state index is 8.72. The number of ether oxygens (including phenoxy) is 1. The molecule has 3 N–H and O–H groups in total. The third kappa shape index (κ3) is 2.79. The third-order valence-electron chi connectivity index (χ3n) is 2.58. The van der Waals surface area contributed by atoms with E-state index in [1.807, 2.05) is 31.2 Å². The fourth-order valence-electron chi connectivity index (χ4n) is 1.62. The lowest BCUT2D eigenvalue weighted by Gasteiger charge is -2.10. The van der Waals surface area contributed by atoms with Crippen molar-refractivity contribution >= 4 is 5.84 Å². The van der Waals surface area contributed by atoms with Gasteiger partial charge in [-0.3, -0.25) is 0 Å². The van der Waals surface area contributed by atoms with Crippen molar-refractivity contribution in [1.82, 2.24) is 9.97 Å². The molecule has 0 unspecified atom stereocenters. The van der Waals surface area contributed by atoms with E-state index in [0.29, 0.717) is 5.75 Å². The van der Waals surface area contributed by atoms with Crippen LogP contribution in [0.5, 0.6) is 11.6 Å². The van der Waals surface area contributed by atoms with Crippen molar-refractivity contribution in [1.29, 1.82) is 0 Å². The van der Waals surface area contributed by atoms with Crippen LogP contribution in [0.4, 0.5) is 0 Å². The Bertz CT molecular complexity index is 599. The van der Waals surface area contributed by atoms with Crippen LogP contribution in [0.25, 0.3) is 0 Å². The highest BCUT2D eigenvalue weighted by atomic mass is 16.5. The Labute approximate surface area is 110 Å². The summed E-state index contributed by atoms with van der Waals surface area (Å²) in [6.07, 6.45) is 3.76. The number of para-hydroxylation sites is 1. The summed E-state index contributed by atoms with van der Waals surface area (Å²) in [7, 11) is 0. The Hall–Kier alpha value is -2.63. The van der Waals surface area contributed by atoms with Gasteiger partial charge in [0, 0.05) is 12.4 Å². The summed E-state index contributed by atoms with van der Waals surface area (Å²) < 4.78 is 5.71. The van der Waals surface area contributed by atoms with Gasteiger partial charge in [-0.2, -0.15) is 0 Å². The number of rotatable bonds is 4. The van der Waals surface area contributed by atoms with Gasteiger partial charge in [0.1, 0.15) is 5.75 Å². The van der Waals surface area contributed by atoms with E-state index in [4.69, 9.17) is 15.7 Å². The minimum atomic E-state index is -0.142. The summed E-state index contributed by atoms with van der Waals surface area (Å²) in [4.78, 5) is 8.06. The first-order valence-corrected chi connectivity index (χ1v) is 5.81. The molecule has 2 aromatic rings. The number of amidine groups is 1. The van der Waals surface area contributed by atoms with E-state index in [1.165, 1.54) is 12.4 Å². The molecule has 1 aromatic carbocycles. The van der Waals surface area contributed by atoms with Crippen LogP contribution >= 0.6 is 0 Å². The van der Waals surface area contributed by atoms with Gasteiger partial charge >= 0.3 is 0 Å². The zero-order chi connectivity index (χ0) is 13.7. The molecule has 0 radical (unpaired) electrons. The van der Waals surface area contributed by atoms with Crippen molar-refractivity contribution in [3.8, 4) is 11.6 Å². The lowest BCUT2D eigenvalue weighted by Crippen LogP contribution is -2.16. The second-order valence-corrected chi connectivity index (χ2v) is 3.76. The van der Waals surface area contributed by atoms with Gasteiger partial charge in [0.25, 0.3) is 0 Å². The first-order valence-electron chi connectivity index (χ1n) is 5.81. The molecule has 0 aliphatic carbocycles. The number of nitrogens with two attached hydrogens (primary N) is 1. The van der Waals surface area contributed by atoms with Crippen LogP contribution in [-0.2, 0) is 6.42 Å². The van der Waals surface area contributed by atoms with Crippen molar-refractivity contribution in [2.24, 2.45) is 10.9 Å². The number of aromatic nitrogens is 2. The molecule has 2 rings (SSSR count). The summed E-state index contributed by atoms with van der Waals surface area (Å²) >= 11 is 0. The van der Waals surface area contributed by atoms with E-state index in [0.717, 1.165) is 12.0 Å². The van der Waals surface area contributed by atoms with E-state index < -0.39 is 0 Å². The predicted molar refractivity (Wildman–Crippen MR) is 70.4 cm³/mol. The maximum absolute atomic E-state index is 8.72. The van der Waals surface area contributed by atoms with Crippen LogP contribution in [0.15, 0.2) is 41.8 Å². The molecule has 0 fully saturated rings. The second kappa shape index (κ2) is 5.81. The minimum absolute atomic E-state index is 0.142. The SMILES string of the molecule is CCc1ccccc1Oc1nccnc1C(N)=NO. The van der Waals surface area contributed by atoms with E-state index >= 15 is 0 Å². The van der Waals surface area contributed by atoms with Gasteiger partial charge in [-0.05, 0) is 18.1 Å². The average Bonchev–Trinajstić information content (AvgIpc) is 2.47. The molecule has 6 nitrogen and oxygen atoms in total. The number of nitrogens with zero attached hydrogens (tertiary/aromatic N) is 3.